The van der Waals surface area contributed by atoms with Crippen molar-refractivity contribution in [3.63, 3.8) is 0 Å². The highest BCUT2D eigenvalue weighted by molar-refractivity contribution is 9.10. The van der Waals surface area contributed by atoms with Gasteiger partial charge < -0.3 is 5.11 Å². The summed E-state index contributed by atoms with van der Waals surface area (Å²) in [7, 11) is 0. The maximum atomic E-state index is 11.1. The Balaban J connectivity index is 2.66. The van der Waals surface area contributed by atoms with Crippen molar-refractivity contribution in [2.24, 2.45) is 0 Å². The minimum atomic E-state index is -1.15. The maximum Gasteiger partial charge on any atom is 0.356 e. The maximum absolute atomic E-state index is 11.1. The summed E-state index contributed by atoms with van der Waals surface area (Å²) in [6.07, 6.45) is 0. The van der Waals surface area contributed by atoms with Crippen LogP contribution in [0.4, 0.5) is 0 Å². The fraction of sp³-hybridized carbons (Fsp3) is 0. The molecule has 0 atom stereocenters. The Labute approximate surface area is 115 Å². The van der Waals surface area contributed by atoms with Crippen molar-refractivity contribution >= 4 is 45.1 Å². The first-order valence-corrected chi connectivity index (χ1v) is 5.98. The summed E-state index contributed by atoms with van der Waals surface area (Å²) >= 11 is 14.7. The molecule has 17 heavy (non-hydrogen) atoms. The number of carboxylic acids is 1. The largest absolute Gasteiger partial charge is 0.476 e. The molecule has 2 aromatic rings. The van der Waals surface area contributed by atoms with Crippen molar-refractivity contribution in [1.82, 2.24) is 9.55 Å². The second-order valence-corrected chi connectivity index (χ2v) is 4.64. The van der Waals surface area contributed by atoms with Gasteiger partial charge in [-0.2, -0.15) is 0 Å². The molecular formula is C10H5BrCl2N2O2. The number of halogens is 3. The number of aromatic nitrogens is 2. The van der Waals surface area contributed by atoms with Gasteiger partial charge >= 0.3 is 5.97 Å². The number of hydrogen-bond donors (Lipinski definition) is 1. The lowest BCUT2D eigenvalue weighted by Crippen LogP contribution is -2.07. The van der Waals surface area contributed by atoms with Crippen LogP contribution < -0.4 is 0 Å². The van der Waals surface area contributed by atoms with E-state index in [-0.39, 0.29) is 10.8 Å². The highest BCUT2D eigenvalue weighted by atomic mass is 79.9. The van der Waals surface area contributed by atoms with Crippen LogP contribution in [0, 0.1) is 0 Å². The first-order valence-electron chi connectivity index (χ1n) is 4.43. The number of benzene rings is 1. The zero-order valence-corrected chi connectivity index (χ0v) is 11.3. The number of nitrogens with zero attached hydrogens (tertiary/aromatic N) is 2. The number of hydrogen-bond acceptors (Lipinski definition) is 2. The number of imidazole rings is 1. The fourth-order valence-electron chi connectivity index (χ4n) is 1.38. The van der Waals surface area contributed by atoms with E-state index in [1.807, 2.05) is 0 Å². The number of aromatic carboxylic acids is 1. The summed E-state index contributed by atoms with van der Waals surface area (Å²) in [5.41, 5.74) is 0.513. The van der Waals surface area contributed by atoms with Gasteiger partial charge in [-0.05, 0) is 40.2 Å². The molecule has 0 unspecified atom stereocenters. The molecule has 4 nitrogen and oxygen atoms in total. The lowest BCUT2D eigenvalue weighted by molar-refractivity contribution is 0.0688. The first-order chi connectivity index (χ1) is 8.00. The predicted molar refractivity (Wildman–Crippen MR) is 68.2 cm³/mol. The molecule has 0 radical (unpaired) electrons. The Morgan fingerprint density at radius 3 is 2.41 bits per heavy atom. The first kappa shape index (κ1) is 12.4. The fourth-order valence-corrected chi connectivity index (χ4v) is 2.41. The Morgan fingerprint density at radius 1 is 1.29 bits per heavy atom. The number of rotatable bonds is 2. The van der Waals surface area contributed by atoms with Gasteiger partial charge in [-0.1, -0.05) is 23.2 Å². The summed E-state index contributed by atoms with van der Waals surface area (Å²) in [5, 5.41) is 9.58. The Kier molecular flexibility index (Phi) is 3.42. The molecule has 1 aromatic carbocycles. The van der Waals surface area contributed by atoms with Gasteiger partial charge in [0.1, 0.15) is 0 Å². The number of carbonyl (C=O) groups is 1. The number of carboxylic acid groups (broad SMARTS) is 1. The SMILES string of the molecule is O=C(O)c1c(Cl)nc(Br)n1-c1ccc(Cl)cc1. The topological polar surface area (TPSA) is 55.1 Å². The highest BCUT2D eigenvalue weighted by Gasteiger charge is 2.21. The van der Waals surface area contributed by atoms with Gasteiger partial charge in [0.2, 0.25) is 0 Å². The molecule has 1 aromatic heterocycles. The molecule has 0 saturated heterocycles. The lowest BCUT2D eigenvalue weighted by atomic mass is 10.3. The van der Waals surface area contributed by atoms with Gasteiger partial charge in [-0.3, -0.25) is 4.57 Å². The summed E-state index contributed by atoms with van der Waals surface area (Å²) in [4.78, 5) is 15.0. The van der Waals surface area contributed by atoms with E-state index >= 15 is 0 Å². The van der Waals surface area contributed by atoms with E-state index in [0.29, 0.717) is 15.4 Å². The summed E-state index contributed by atoms with van der Waals surface area (Å²) in [6.45, 7) is 0. The van der Waals surface area contributed by atoms with Crippen molar-refractivity contribution in [2.75, 3.05) is 0 Å². The van der Waals surface area contributed by atoms with E-state index < -0.39 is 5.97 Å². The normalized spacial score (nSPS) is 10.5. The standard InChI is InChI=1S/C10H5BrCl2N2O2/c11-10-14-8(13)7(9(16)17)15(10)6-3-1-5(12)2-4-6/h1-4H,(H,16,17). The predicted octanol–water partition coefficient (Wildman–Crippen LogP) is 3.64. The Bertz CT molecular complexity index is 581. The van der Waals surface area contributed by atoms with E-state index in [4.69, 9.17) is 28.3 Å². The van der Waals surface area contributed by atoms with Crippen LogP contribution in [-0.4, -0.2) is 20.6 Å². The molecule has 7 heteroatoms. The molecule has 0 aliphatic heterocycles. The minimum Gasteiger partial charge on any atom is -0.476 e. The Hall–Kier alpha value is -1.04. The van der Waals surface area contributed by atoms with Crippen molar-refractivity contribution in [1.29, 1.82) is 0 Å². The highest BCUT2D eigenvalue weighted by Crippen LogP contribution is 2.26. The van der Waals surface area contributed by atoms with E-state index in [0.717, 1.165) is 0 Å². The van der Waals surface area contributed by atoms with E-state index in [9.17, 15) is 4.79 Å². The quantitative estimate of drug-likeness (QED) is 0.911. The lowest BCUT2D eigenvalue weighted by Gasteiger charge is -2.06. The molecular weight excluding hydrogens is 331 g/mol. The van der Waals surface area contributed by atoms with E-state index in [1.54, 1.807) is 24.3 Å². The summed E-state index contributed by atoms with van der Waals surface area (Å²) in [5.74, 6) is -1.15. The van der Waals surface area contributed by atoms with Crippen molar-refractivity contribution in [2.45, 2.75) is 0 Å². The van der Waals surface area contributed by atoms with Crippen LogP contribution >= 0.6 is 39.1 Å². The molecule has 2 rings (SSSR count). The van der Waals surface area contributed by atoms with Gasteiger partial charge in [-0.15, -0.1) is 0 Å². The van der Waals surface area contributed by atoms with Crippen molar-refractivity contribution in [3.8, 4) is 5.69 Å². The third kappa shape index (κ3) is 2.31. The monoisotopic (exact) mass is 334 g/mol. The second-order valence-electron chi connectivity index (χ2n) is 3.14. The average molecular weight is 336 g/mol. The van der Waals surface area contributed by atoms with Crippen LogP contribution in [0.15, 0.2) is 29.0 Å². The van der Waals surface area contributed by atoms with Gasteiger partial charge in [0.25, 0.3) is 0 Å². The second kappa shape index (κ2) is 4.68. The summed E-state index contributed by atoms with van der Waals surface area (Å²) < 4.78 is 1.71. The van der Waals surface area contributed by atoms with Crippen LogP contribution in [0.3, 0.4) is 0 Å². The van der Waals surface area contributed by atoms with Crippen LogP contribution in [0.25, 0.3) is 5.69 Å². The average Bonchev–Trinajstić information content (AvgIpc) is 2.55. The van der Waals surface area contributed by atoms with Gasteiger partial charge in [0, 0.05) is 10.7 Å². The molecule has 0 bridgehead atoms. The van der Waals surface area contributed by atoms with Crippen molar-refractivity contribution in [3.05, 3.63) is 44.9 Å². The van der Waals surface area contributed by atoms with E-state index in [1.165, 1.54) is 4.57 Å². The smallest absolute Gasteiger partial charge is 0.356 e. The van der Waals surface area contributed by atoms with Crippen LogP contribution in [0.1, 0.15) is 10.5 Å². The van der Waals surface area contributed by atoms with Gasteiger partial charge in [0.05, 0.1) is 0 Å². The third-order valence-electron chi connectivity index (χ3n) is 2.08. The van der Waals surface area contributed by atoms with Crippen LogP contribution in [0.2, 0.25) is 10.2 Å². The van der Waals surface area contributed by atoms with Crippen LogP contribution in [-0.2, 0) is 0 Å². The van der Waals surface area contributed by atoms with Crippen molar-refractivity contribution < 1.29 is 9.90 Å². The van der Waals surface area contributed by atoms with Gasteiger partial charge in [-0.25, -0.2) is 9.78 Å². The molecule has 0 saturated carbocycles. The molecule has 0 amide bonds. The molecule has 0 aliphatic rings. The molecule has 88 valence electrons. The molecule has 1 heterocycles. The molecule has 0 spiro atoms. The molecule has 0 aliphatic carbocycles. The minimum absolute atomic E-state index is 0.0701. The Morgan fingerprint density at radius 2 is 1.88 bits per heavy atom. The molecule has 1 N–H and O–H groups in total. The summed E-state index contributed by atoms with van der Waals surface area (Å²) in [6, 6.07) is 6.67. The third-order valence-corrected chi connectivity index (χ3v) is 3.13. The van der Waals surface area contributed by atoms with Gasteiger partial charge in [0.15, 0.2) is 15.6 Å². The van der Waals surface area contributed by atoms with E-state index in [2.05, 4.69) is 20.9 Å². The molecule has 0 fully saturated rings. The zero-order chi connectivity index (χ0) is 12.6. The zero-order valence-electron chi connectivity index (χ0n) is 8.19. The van der Waals surface area contributed by atoms with Crippen LogP contribution in [0.5, 0.6) is 0 Å².